The predicted molar refractivity (Wildman–Crippen MR) is 179 cm³/mol. The Morgan fingerprint density at radius 2 is 0.625 bits per heavy atom. The fraction of sp³-hybridized carbons (Fsp3) is 0.946. The van der Waals surface area contributed by atoms with Crippen LogP contribution in [0.5, 0.6) is 0 Å². The van der Waals surface area contributed by atoms with Crippen molar-refractivity contribution < 1.29 is 9.59 Å². The van der Waals surface area contributed by atoms with Crippen LogP contribution in [0, 0.1) is 5.92 Å². The number of carbonyl (C=O) groups is 2. The van der Waals surface area contributed by atoms with E-state index >= 15 is 0 Å². The Morgan fingerprint density at radius 3 is 0.900 bits per heavy atom. The van der Waals surface area contributed by atoms with Crippen LogP contribution in [0.25, 0.3) is 0 Å². The van der Waals surface area contributed by atoms with E-state index in [2.05, 4.69) is 13.8 Å². The SMILES string of the molecule is CCCCCCCCCCCCCCCCCC(=O)C(C)C(Cl)C(=O)CCCCCCCCCCCCCCC. The number of rotatable bonds is 33. The van der Waals surface area contributed by atoms with Crippen molar-refractivity contribution >= 4 is 23.2 Å². The molecule has 40 heavy (non-hydrogen) atoms. The van der Waals surface area contributed by atoms with E-state index in [1.807, 2.05) is 6.92 Å². The normalized spacial score (nSPS) is 13.0. The molecule has 3 heteroatoms. The Hall–Kier alpha value is -0.370. The Labute approximate surface area is 257 Å². The minimum Gasteiger partial charge on any atom is -0.299 e. The van der Waals surface area contributed by atoms with Gasteiger partial charge in [0.05, 0.1) is 0 Å². The fourth-order valence-electron chi connectivity index (χ4n) is 5.80. The highest BCUT2D eigenvalue weighted by Crippen LogP contribution is 2.20. The second kappa shape index (κ2) is 31.6. The van der Waals surface area contributed by atoms with Crippen LogP contribution >= 0.6 is 11.6 Å². The van der Waals surface area contributed by atoms with E-state index < -0.39 is 5.38 Å². The Morgan fingerprint density at radius 1 is 0.400 bits per heavy atom. The van der Waals surface area contributed by atoms with Crippen LogP contribution in [-0.2, 0) is 9.59 Å². The van der Waals surface area contributed by atoms with Crippen LogP contribution in [0.3, 0.4) is 0 Å². The van der Waals surface area contributed by atoms with E-state index in [0.717, 1.165) is 25.7 Å². The Bertz CT molecular complexity index is 546. The van der Waals surface area contributed by atoms with Gasteiger partial charge in [-0.15, -0.1) is 11.6 Å². The summed E-state index contributed by atoms with van der Waals surface area (Å²) in [5, 5.41) is -0.638. The highest BCUT2D eigenvalue weighted by Gasteiger charge is 2.27. The van der Waals surface area contributed by atoms with Gasteiger partial charge in [0, 0.05) is 18.8 Å². The summed E-state index contributed by atoms with van der Waals surface area (Å²) < 4.78 is 0. The van der Waals surface area contributed by atoms with Crippen molar-refractivity contribution in [2.75, 3.05) is 0 Å². The monoisotopic (exact) mass is 583 g/mol. The number of unbranched alkanes of at least 4 members (excludes halogenated alkanes) is 26. The Balaban J connectivity index is 3.55. The lowest BCUT2D eigenvalue weighted by Crippen LogP contribution is -2.28. The number of alkyl halides is 1. The van der Waals surface area contributed by atoms with Gasteiger partial charge in [0.25, 0.3) is 0 Å². The van der Waals surface area contributed by atoms with Crippen LogP contribution in [0.2, 0.25) is 0 Å². The molecule has 2 atom stereocenters. The molecule has 0 aliphatic rings. The molecule has 0 amide bonds. The van der Waals surface area contributed by atoms with E-state index in [4.69, 9.17) is 11.6 Å². The third-order valence-corrected chi connectivity index (χ3v) is 9.43. The molecule has 0 aliphatic carbocycles. The summed E-state index contributed by atoms with van der Waals surface area (Å²) in [7, 11) is 0. The first-order valence-corrected chi connectivity index (χ1v) is 18.7. The van der Waals surface area contributed by atoms with Crippen molar-refractivity contribution in [3.8, 4) is 0 Å². The predicted octanol–water partition coefficient (Wildman–Crippen LogP) is 13.1. The molecule has 0 bridgehead atoms. The van der Waals surface area contributed by atoms with E-state index in [0.29, 0.717) is 12.8 Å². The molecule has 0 saturated heterocycles. The number of ketones is 2. The lowest BCUT2D eigenvalue weighted by atomic mass is 9.93. The molecule has 0 spiro atoms. The van der Waals surface area contributed by atoms with Gasteiger partial charge >= 0.3 is 0 Å². The number of Topliss-reactive ketones (excluding diaryl/α,β-unsaturated/α-hetero) is 2. The van der Waals surface area contributed by atoms with E-state index in [1.54, 1.807) is 0 Å². The third-order valence-electron chi connectivity index (χ3n) is 8.81. The zero-order chi connectivity index (χ0) is 29.5. The molecular weight excluding hydrogens is 512 g/mol. The summed E-state index contributed by atoms with van der Waals surface area (Å²) in [5.41, 5.74) is 0. The number of halogens is 1. The molecule has 0 aromatic carbocycles. The average Bonchev–Trinajstić information content (AvgIpc) is 2.96. The van der Waals surface area contributed by atoms with Crippen molar-refractivity contribution in [3.05, 3.63) is 0 Å². The van der Waals surface area contributed by atoms with Crippen LogP contribution in [-0.4, -0.2) is 16.9 Å². The zero-order valence-corrected chi connectivity index (χ0v) is 28.3. The molecule has 0 N–H and O–H groups in total. The van der Waals surface area contributed by atoms with Gasteiger partial charge in [0.15, 0.2) is 5.78 Å². The molecule has 0 aliphatic heterocycles. The standard InChI is InChI=1S/C37H71ClO2/c1-4-6-8-10-12-14-16-18-19-21-22-24-26-28-30-32-35(39)34(3)37(38)36(40)33-31-29-27-25-23-20-17-15-13-11-9-7-5-2/h34,37H,4-33H2,1-3H3. The highest BCUT2D eigenvalue weighted by atomic mass is 35.5. The topological polar surface area (TPSA) is 34.1 Å². The summed E-state index contributed by atoms with van der Waals surface area (Å²) in [6.45, 7) is 6.41. The van der Waals surface area contributed by atoms with Crippen LogP contribution in [0.4, 0.5) is 0 Å². The van der Waals surface area contributed by atoms with Crippen LogP contribution in [0.1, 0.15) is 213 Å². The smallest absolute Gasteiger partial charge is 0.151 e. The second-order valence-electron chi connectivity index (χ2n) is 12.8. The molecule has 0 fully saturated rings. The van der Waals surface area contributed by atoms with E-state index in [1.165, 1.54) is 154 Å². The second-order valence-corrected chi connectivity index (χ2v) is 13.3. The molecule has 0 aromatic heterocycles. The van der Waals surface area contributed by atoms with Gasteiger partial charge in [-0.1, -0.05) is 188 Å². The molecule has 0 saturated carbocycles. The third kappa shape index (κ3) is 26.5. The molecule has 0 heterocycles. The number of carbonyl (C=O) groups excluding carboxylic acids is 2. The molecule has 2 unspecified atom stereocenters. The Kier molecular flexibility index (Phi) is 31.3. The summed E-state index contributed by atoms with van der Waals surface area (Å²) in [6.07, 6.45) is 37.9. The lowest BCUT2D eigenvalue weighted by Gasteiger charge is -2.16. The van der Waals surface area contributed by atoms with Gasteiger partial charge in [-0.3, -0.25) is 9.59 Å². The van der Waals surface area contributed by atoms with E-state index in [9.17, 15) is 9.59 Å². The molecule has 0 radical (unpaired) electrons. The van der Waals surface area contributed by atoms with E-state index in [-0.39, 0.29) is 17.5 Å². The summed E-state index contributed by atoms with van der Waals surface area (Å²) in [6, 6.07) is 0. The minimum absolute atomic E-state index is 0.0714. The maximum Gasteiger partial charge on any atom is 0.151 e. The van der Waals surface area contributed by atoms with Crippen LogP contribution < -0.4 is 0 Å². The minimum atomic E-state index is -0.638. The van der Waals surface area contributed by atoms with Gasteiger partial charge in [-0.25, -0.2) is 0 Å². The van der Waals surface area contributed by atoms with Gasteiger partial charge in [0.2, 0.25) is 0 Å². The molecule has 0 rings (SSSR count). The lowest BCUT2D eigenvalue weighted by molar-refractivity contribution is -0.127. The summed E-state index contributed by atoms with van der Waals surface area (Å²) in [5.74, 6) is -0.0988. The van der Waals surface area contributed by atoms with Crippen molar-refractivity contribution in [1.29, 1.82) is 0 Å². The largest absolute Gasteiger partial charge is 0.299 e. The highest BCUT2D eigenvalue weighted by molar-refractivity contribution is 6.32. The summed E-state index contributed by atoms with van der Waals surface area (Å²) in [4.78, 5) is 25.1. The molecule has 2 nitrogen and oxygen atoms in total. The number of hydrogen-bond donors (Lipinski definition) is 0. The first-order chi connectivity index (χ1) is 19.5. The number of hydrogen-bond acceptors (Lipinski definition) is 2. The first-order valence-electron chi connectivity index (χ1n) is 18.2. The molecular formula is C37H71ClO2. The van der Waals surface area contributed by atoms with Gasteiger partial charge in [-0.05, 0) is 12.8 Å². The summed E-state index contributed by atoms with van der Waals surface area (Å²) >= 11 is 6.43. The maximum absolute atomic E-state index is 12.6. The average molecular weight is 583 g/mol. The zero-order valence-electron chi connectivity index (χ0n) is 27.6. The maximum atomic E-state index is 12.6. The van der Waals surface area contributed by atoms with Crippen LogP contribution in [0.15, 0.2) is 0 Å². The first kappa shape index (κ1) is 39.6. The van der Waals surface area contributed by atoms with Crippen molar-refractivity contribution in [1.82, 2.24) is 0 Å². The van der Waals surface area contributed by atoms with Gasteiger partial charge in [-0.2, -0.15) is 0 Å². The molecule has 0 aromatic rings. The van der Waals surface area contributed by atoms with Crippen molar-refractivity contribution in [2.45, 2.75) is 219 Å². The quantitative estimate of drug-likeness (QED) is 0.0569. The van der Waals surface area contributed by atoms with Crippen molar-refractivity contribution in [3.63, 3.8) is 0 Å². The molecule has 238 valence electrons. The van der Waals surface area contributed by atoms with Gasteiger partial charge < -0.3 is 0 Å². The fourth-order valence-corrected chi connectivity index (χ4v) is 6.04. The van der Waals surface area contributed by atoms with Gasteiger partial charge in [0.1, 0.15) is 11.2 Å². The van der Waals surface area contributed by atoms with Crippen molar-refractivity contribution in [2.24, 2.45) is 5.92 Å².